The number of fused-ring (bicyclic) bond motifs is 1. The number of nitrogens with zero attached hydrogens (tertiary/aromatic N) is 1. The molecule has 2 saturated carbocycles. The zero-order valence-corrected chi connectivity index (χ0v) is 9.34. The molecular weight excluding hydrogens is 174 g/mol. The van der Waals surface area contributed by atoms with Crippen molar-refractivity contribution in [3.63, 3.8) is 0 Å². The number of rotatable bonds is 4. The van der Waals surface area contributed by atoms with Crippen LogP contribution >= 0.6 is 0 Å². The number of hydrogen-bond acceptors (Lipinski definition) is 1. The van der Waals surface area contributed by atoms with Crippen molar-refractivity contribution in [2.75, 3.05) is 13.6 Å². The summed E-state index contributed by atoms with van der Waals surface area (Å²) < 4.78 is 0. The Morgan fingerprint density at radius 1 is 1.57 bits per heavy atom. The van der Waals surface area contributed by atoms with Crippen molar-refractivity contribution in [3.05, 3.63) is 12.7 Å². The SMILES string of the molecule is C=CC(=O)N(C)CC12CC1(C(C)C)C2. The molecule has 78 valence electrons. The second kappa shape index (κ2) is 2.62. The van der Waals surface area contributed by atoms with E-state index >= 15 is 0 Å². The number of likely N-dealkylation sites (N-methyl/N-ethyl adjacent to an activating group) is 1. The monoisotopic (exact) mass is 193 g/mol. The summed E-state index contributed by atoms with van der Waals surface area (Å²) in [6.45, 7) is 9.02. The predicted octanol–water partition coefficient (Wildman–Crippen LogP) is 2.07. The van der Waals surface area contributed by atoms with E-state index in [9.17, 15) is 4.79 Å². The molecule has 0 aliphatic heterocycles. The van der Waals surface area contributed by atoms with Crippen molar-refractivity contribution in [1.29, 1.82) is 0 Å². The van der Waals surface area contributed by atoms with Gasteiger partial charge in [-0.3, -0.25) is 4.79 Å². The molecule has 2 rings (SSSR count). The van der Waals surface area contributed by atoms with Gasteiger partial charge in [0.2, 0.25) is 5.91 Å². The van der Waals surface area contributed by atoms with Crippen LogP contribution in [0.1, 0.15) is 26.7 Å². The third-order valence-electron chi connectivity index (χ3n) is 4.31. The fraction of sp³-hybridized carbons (Fsp3) is 0.750. The minimum atomic E-state index is 0.0517. The molecule has 0 atom stereocenters. The Kier molecular flexibility index (Phi) is 1.82. The van der Waals surface area contributed by atoms with Gasteiger partial charge in [0.15, 0.2) is 0 Å². The minimum Gasteiger partial charge on any atom is -0.342 e. The van der Waals surface area contributed by atoms with Gasteiger partial charge in [-0.05, 0) is 35.7 Å². The summed E-state index contributed by atoms with van der Waals surface area (Å²) in [5, 5.41) is 0. The van der Waals surface area contributed by atoms with Crippen molar-refractivity contribution in [3.8, 4) is 0 Å². The normalized spacial score (nSPS) is 37.7. The minimum absolute atomic E-state index is 0.0517. The maximum Gasteiger partial charge on any atom is 0.245 e. The van der Waals surface area contributed by atoms with Crippen LogP contribution in [0.15, 0.2) is 12.7 Å². The van der Waals surface area contributed by atoms with Crippen molar-refractivity contribution in [2.24, 2.45) is 16.7 Å². The van der Waals surface area contributed by atoms with E-state index in [1.165, 1.54) is 18.9 Å². The highest BCUT2D eigenvalue weighted by molar-refractivity contribution is 5.86. The van der Waals surface area contributed by atoms with Crippen molar-refractivity contribution in [1.82, 2.24) is 4.90 Å². The van der Waals surface area contributed by atoms with Crippen LogP contribution in [-0.4, -0.2) is 24.4 Å². The maximum atomic E-state index is 11.3. The highest BCUT2D eigenvalue weighted by Crippen LogP contribution is 2.88. The maximum absolute atomic E-state index is 11.3. The summed E-state index contributed by atoms with van der Waals surface area (Å²) in [4.78, 5) is 13.1. The van der Waals surface area contributed by atoms with Gasteiger partial charge in [0.1, 0.15) is 0 Å². The van der Waals surface area contributed by atoms with Gasteiger partial charge < -0.3 is 4.90 Å². The lowest BCUT2D eigenvalue weighted by Gasteiger charge is -2.16. The lowest BCUT2D eigenvalue weighted by atomic mass is 10.0. The van der Waals surface area contributed by atoms with E-state index < -0.39 is 0 Å². The third kappa shape index (κ3) is 1.06. The van der Waals surface area contributed by atoms with Gasteiger partial charge in [-0.25, -0.2) is 0 Å². The average Bonchev–Trinajstić information content (AvgIpc) is 2.88. The lowest BCUT2D eigenvalue weighted by Crippen LogP contribution is -2.28. The van der Waals surface area contributed by atoms with Crippen LogP contribution in [0.25, 0.3) is 0 Å². The third-order valence-corrected chi connectivity index (χ3v) is 4.31. The van der Waals surface area contributed by atoms with Crippen molar-refractivity contribution in [2.45, 2.75) is 26.7 Å². The molecule has 0 aromatic carbocycles. The van der Waals surface area contributed by atoms with Gasteiger partial charge in [-0.1, -0.05) is 20.4 Å². The van der Waals surface area contributed by atoms with Crippen molar-refractivity contribution >= 4 is 5.91 Å². The van der Waals surface area contributed by atoms with Gasteiger partial charge in [0.25, 0.3) is 0 Å². The summed E-state index contributed by atoms with van der Waals surface area (Å²) >= 11 is 0. The fourth-order valence-corrected chi connectivity index (χ4v) is 3.05. The van der Waals surface area contributed by atoms with Gasteiger partial charge in [0, 0.05) is 13.6 Å². The molecule has 0 heterocycles. The smallest absolute Gasteiger partial charge is 0.245 e. The first-order chi connectivity index (χ1) is 6.47. The number of amides is 1. The van der Waals surface area contributed by atoms with Crippen LogP contribution in [0.5, 0.6) is 0 Å². The second-order valence-electron chi connectivity index (χ2n) is 5.34. The molecule has 0 spiro atoms. The zero-order valence-electron chi connectivity index (χ0n) is 9.34. The van der Waals surface area contributed by atoms with E-state index in [0.717, 1.165) is 12.5 Å². The van der Waals surface area contributed by atoms with Crippen LogP contribution in [0.2, 0.25) is 0 Å². The Bertz CT molecular complexity index is 287. The molecule has 1 amide bonds. The Labute approximate surface area is 86.0 Å². The van der Waals surface area contributed by atoms with E-state index in [1.54, 1.807) is 0 Å². The standard InChI is InChI=1S/C12H19NO/c1-5-10(14)13(4)8-11-6-12(11,7-11)9(2)3/h5,9H,1,6-8H2,2-4H3. The van der Waals surface area contributed by atoms with Crippen LogP contribution < -0.4 is 0 Å². The molecule has 2 aliphatic carbocycles. The summed E-state index contributed by atoms with van der Waals surface area (Å²) in [6, 6.07) is 0. The first-order valence-corrected chi connectivity index (χ1v) is 5.35. The lowest BCUT2D eigenvalue weighted by molar-refractivity contribution is -0.125. The molecule has 2 aliphatic rings. The second-order valence-corrected chi connectivity index (χ2v) is 5.34. The van der Waals surface area contributed by atoms with E-state index in [-0.39, 0.29) is 5.91 Å². The molecule has 2 fully saturated rings. The summed E-state index contributed by atoms with van der Waals surface area (Å²) in [6.07, 6.45) is 4.05. The quantitative estimate of drug-likeness (QED) is 0.626. The number of carbonyl (C=O) groups is 1. The molecule has 0 bridgehead atoms. The van der Waals surface area contributed by atoms with E-state index in [4.69, 9.17) is 0 Å². The van der Waals surface area contributed by atoms with Crippen LogP contribution in [0.4, 0.5) is 0 Å². The van der Waals surface area contributed by atoms with Crippen molar-refractivity contribution < 1.29 is 4.79 Å². The zero-order chi connectivity index (χ0) is 10.6. The molecule has 0 radical (unpaired) electrons. The van der Waals surface area contributed by atoms with Crippen LogP contribution in [0, 0.1) is 16.7 Å². The first-order valence-electron chi connectivity index (χ1n) is 5.35. The Morgan fingerprint density at radius 2 is 2.14 bits per heavy atom. The first kappa shape index (κ1) is 9.75. The largest absolute Gasteiger partial charge is 0.342 e. The Morgan fingerprint density at radius 3 is 2.50 bits per heavy atom. The van der Waals surface area contributed by atoms with Crippen LogP contribution in [-0.2, 0) is 4.79 Å². The van der Waals surface area contributed by atoms with Gasteiger partial charge >= 0.3 is 0 Å². The summed E-state index contributed by atoms with van der Waals surface area (Å²) in [5.74, 6) is 0.825. The van der Waals surface area contributed by atoms with Gasteiger partial charge in [0.05, 0.1) is 0 Å². The Balaban J connectivity index is 1.91. The van der Waals surface area contributed by atoms with E-state index in [0.29, 0.717) is 10.8 Å². The van der Waals surface area contributed by atoms with Crippen LogP contribution in [0.3, 0.4) is 0 Å². The summed E-state index contributed by atoms with van der Waals surface area (Å²) in [7, 11) is 1.88. The molecule has 0 unspecified atom stereocenters. The number of carbonyl (C=O) groups excluding carboxylic acids is 1. The molecule has 0 N–H and O–H groups in total. The molecule has 2 heteroatoms. The Hall–Kier alpha value is -0.790. The summed E-state index contributed by atoms with van der Waals surface area (Å²) in [5.41, 5.74) is 1.09. The average molecular weight is 193 g/mol. The molecular formula is C12H19NO. The molecule has 14 heavy (non-hydrogen) atoms. The molecule has 2 nitrogen and oxygen atoms in total. The fourth-order valence-electron chi connectivity index (χ4n) is 3.05. The van der Waals surface area contributed by atoms with E-state index in [2.05, 4.69) is 20.4 Å². The van der Waals surface area contributed by atoms with E-state index in [1.807, 2.05) is 11.9 Å². The number of hydrogen-bond donors (Lipinski definition) is 0. The predicted molar refractivity (Wildman–Crippen MR) is 56.8 cm³/mol. The highest BCUT2D eigenvalue weighted by Gasteiger charge is 2.83. The molecule has 0 aromatic heterocycles. The molecule has 0 aromatic rings. The highest BCUT2D eigenvalue weighted by atomic mass is 16.2. The topological polar surface area (TPSA) is 20.3 Å². The molecule has 0 saturated heterocycles. The van der Waals surface area contributed by atoms with Gasteiger partial charge in [-0.15, -0.1) is 0 Å². The van der Waals surface area contributed by atoms with Gasteiger partial charge in [-0.2, -0.15) is 0 Å².